The highest BCUT2D eigenvalue weighted by Gasteiger charge is 2.27. The monoisotopic (exact) mass is 309 g/mol. The number of nitrogens with zero attached hydrogens (tertiary/aromatic N) is 4. The first kappa shape index (κ1) is 17.2. The van der Waals surface area contributed by atoms with Crippen LogP contribution in [0, 0.1) is 0 Å². The number of hydrogen-bond acceptors (Lipinski definition) is 5. The van der Waals surface area contributed by atoms with Crippen molar-refractivity contribution in [3.8, 4) is 0 Å². The number of hydrogen-bond donors (Lipinski definition) is 3. The zero-order valence-electron chi connectivity index (χ0n) is 11.7. The van der Waals surface area contributed by atoms with Crippen molar-refractivity contribution in [2.24, 2.45) is 7.05 Å². The predicted molar refractivity (Wildman–Crippen MR) is 71.7 cm³/mol. The molecule has 0 saturated heterocycles. The zero-order valence-corrected chi connectivity index (χ0v) is 11.7. The maximum atomic E-state index is 11.8. The fourth-order valence-corrected chi connectivity index (χ4v) is 1.68. The van der Waals surface area contributed by atoms with Gasteiger partial charge >= 0.3 is 12.2 Å². The maximum absolute atomic E-state index is 11.8. The molecule has 0 spiro atoms. The molecular weight excluding hydrogens is 294 g/mol. The van der Waals surface area contributed by atoms with Crippen LogP contribution < -0.4 is 5.32 Å². The lowest BCUT2D eigenvalue weighted by atomic mass is 10.1. The Morgan fingerprint density at radius 1 is 1.55 bits per heavy atom. The summed E-state index contributed by atoms with van der Waals surface area (Å²) in [6.07, 6.45) is 1.47. The van der Waals surface area contributed by atoms with E-state index in [0.717, 1.165) is 0 Å². The number of rotatable bonds is 8. The van der Waals surface area contributed by atoms with E-state index in [1.54, 1.807) is 7.05 Å². The minimum Gasteiger partial charge on any atom is -0.480 e. The SMILES string of the molecule is Cn1ccnc1[C@H](O)C(=O)N[C@@H](CCC(=O)C=[N+]=[N-])C(=O)O. The number of aliphatic hydroxyl groups excluding tert-OH is 1. The van der Waals surface area contributed by atoms with Crippen molar-refractivity contribution in [3.05, 3.63) is 23.7 Å². The van der Waals surface area contributed by atoms with Crippen LogP contribution in [0.4, 0.5) is 0 Å². The van der Waals surface area contributed by atoms with Gasteiger partial charge in [0.05, 0.1) is 0 Å². The number of aliphatic hydroxyl groups is 1. The molecule has 0 aliphatic heterocycles. The number of carboxylic acid groups (broad SMARTS) is 1. The first-order valence-corrected chi connectivity index (χ1v) is 6.25. The quantitative estimate of drug-likeness (QED) is 0.306. The lowest BCUT2D eigenvalue weighted by molar-refractivity contribution is -0.144. The molecule has 0 fully saturated rings. The molecule has 0 aliphatic rings. The van der Waals surface area contributed by atoms with Gasteiger partial charge in [-0.3, -0.25) is 9.59 Å². The molecule has 1 aromatic rings. The Labute approximate surface area is 125 Å². The van der Waals surface area contributed by atoms with E-state index in [4.69, 9.17) is 10.6 Å². The second kappa shape index (κ2) is 7.81. The molecule has 22 heavy (non-hydrogen) atoms. The number of amides is 1. The number of imidazole rings is 1. The molecule has 10 heteroatoms. The number of aliphatic carboxylic acids is 1. The van der Waals surface area contributed by atoms with Gasteiger partial charge in [0.15, 0.2) is 6.10 Å². The van der Waals surface area contributed by atoms with Crippen LogP contribution in [0.3, 0.4) is 0 Å². The first-order chi connectivity index (χ1) is 10.4. The topological polar surface area (TPSA) is 158 Å². The van der Waals surface area contributed by atoms with Gasteiger partial charge in [-0.1, -0.05) is 0 Å². The molecule has 1 amide bonds. The summed E-state index contributed by atoms with van der Waals surface area (Å²) in [4.78, 5) is 40.4. The van der Waals surface area contributed by atoms with Gasteiger partial charge in [0.25, 0.3) is 5.91 Å². The molecule has 0 saturated carbocycles. The van der Waals surface area contributed by atoms with Crippen molar-refractivity contribution in [2.75, 3.05) is 0 Å². The van der Waals surface area contributed by atoms with Gasteiger partial charge in [-0.25, -0.2) is 9.78 Å². The summed E-state index contributed by atoms with van der Waals surface area (Å²) < 4.78 is 1.42. The van der Waals surface area contributed by atoms with Crippen LogP contribution in [-0.4, -0.2) is 54.5 Å². The molecule has 10 nitrogen and oxygen atoms in total. The number of Topliss-reactive ketones (excluding diaryl/α,β-unsaturated/α-hetero) is 1. The molecule has 1 aromatic heterocycles. The second-order valence-corrected chi connectivity index (χ2v) is 4.45. The molecule has 1 heterocycles. The average molecular weight is 309 g/mol. The smallest absolute Gasteiger partial charge is 0.326 e. The highest BCUT2D eigenvalue weighted by atomic mass is 16.4. The summed E-state index contributed by atoms with van der Waals surface area (Å²) in [5, 5.41) is 21.0. The van der Waals surface area contributed by atoms with E-state index in [1.807, 2.05) is 0 Å². The standard InChI is InChI=1S/C12H15N5O5/c1-17-5-4-14-10(17)9(19)11(20)16-8(12(21)22)3-2-7(18)6-15-13/h4-6,8-9,19H,2-3H2,1H3,(H,16,20)(H,21,22)/t8-,9-/m0/s1. The number of nitrogens with one attached hydrogen (secondary N) is 1. The summed E-state index contributed by atoms with van der Waals surface area (Å²) in [5.74, 6) is -2.82. The molecular formula is C12H15N5O5. The van der Waals surface area contributed by atoms with Crippen LogP contribution in [0.5, 0.6) is 0 Å². The Balaban J connectivity index is 2.68. The number of aryl methyl sites for hydroxylation is 1. The molecule has 118 valence electrons. The molecule has 1 rings (SSSR count). The third kappa shape index (κ3) is 4.62. The van der Waals surface area contributed by atoms with Crippen molar-refractivity contribution in [1.29, 1.82) is 0 Å². The summed E-state index contributed by atoms with van der Waals surface area (Å²) in [6, 6.07) is -1.36. The zero-order chi connectivity index (χ0) is 16.7. The molecule has 0 radical (unpaired) electrons. The van der Waals surface area contributed by atoms with Crippen LogP contribution in [0.2, 0.25) is 0 Å². The fraction of sp³-hybridized carbons (Fsp3) is 0.417. The van der Waals surface area contributed by atoms with Crippen LogP contribution in [0.15, 0.2) is 12.4 Å². The molecule has 3 N–H and O–H groups in total. The molecule has 0 bridgehead atoms. The van der Waals surface area contributed by atoms with Gasteiger partial charge in [-0.2, -0.15) is 4.79 Å². The Bertz CT molecular complexity index is 619. The minimum atomic E-state index is -1.63. The van der Waals surface area contributed by atoms with Crippen molar-refractivity contribution >= 4 is 23.9 Å². The second-order valence-electron chi connectivity index (χ2n) is 4.45. The average Bonchev–Trinajstić information content (AvgIpc) is 2.88. The van der Waals surface area contributed by atoms with Crippen LogP contribution in [0.1, 0.15) is 24.8 Å². The highest BCUT2D eigenvalue weighted by molar-refractivity contribution is 6.25. The summed E-state index contributed by atoms with van der Waals surface area (Å²) in [6.45, 7) is 0. The molecule has 0 aromatic carbocycles. The largest absolute Gasteiger partial charge is 0.480 e. The lowest BCUT2D eigenvalue weighted by Gasteiger charge is -2.16. The maximum Gasteiger partial charge on any atom is 0.326 e. The van der Waals surface area contributed by atoms with Gasteiger partial charge in [-0.15, -0.1) is 0 Å². The van der Waals surface area contributed by atoms with Gasteiger partial charge in [0, 0.05) is 25.9 Å². The third-order valence-electron chi connectivity index (χ3n) is 2.85. The Morgan fingerprint density at radius 3 is 2.73 bits per heavy atom. The first-order valence-electron chi connectivity index (χ1n) is 6.25. The predicted octanol–water partition coefficient (Wildman–Crippen LogP) is -1.33. The van der Waals surface area contributed by atoms with E-state index in [-0.39, 0.29) is 18.7 Å². The Hall–Kier alpha value is -2.84. The van der Waals surface area contributed by atoms with E-state index in [2.05, 4.69) is 15.1 Å². The fourth-order valence-electron chi connectivity index (χ4n) is 1.68. The minimum absolute atomic E-state index is 0.0603. The van der Waals surface area contributed by atoms with E-state index < -0.39 is 29.8 Å². The highest BCUT2D eigenvalue weighted by Crippen LogP contribution is 2.10. The van der Waals surface area contributed by atoms with Gasteiger partial charge in [0.1, 0.15) is 11.9 Å². The van der Waals surface area contributed by atoms with E-state index in [1.165, 1.54) is 17.0 Å². The van der Waals surface area contributed by atoms with E-state index in [9.17, 15) is 19.5 Å². The third-order valence-corrected chi connectivity index (χ3v) is 2.85. The van der Waals surface area contributed by atoms with Crippen LogP contribution in [0.25, 0.3) is 5.53 Å². The number of aromatic nitrogens is 2. The molecule has 0 unspecified atom stereocenters. The van der Waals surface area contributed by atoms with Gasteiger partial charge in [-0.05, 0) is 6.42 Å². The molecule has 0 aliphatic carbocycles. The normalized spacial score (nSPS) is 12.8. The van der Waals surface area contributed by atoms with Crippen molar-refractivity contribution in [1.82, 2.24) is 14.9 Å². The number of ketones is 1. The van der Waals surface area contributed by atoms with Gasteiger partial charge in [0.2, 0.25) is 5.78 Å². The van der Waals surface area contributed by atoms with Crippen LogP contribution >= 0.6 is 0 Å². The van der Waals surface area contributed by atoms with Crippen molar-refractivity contribution in [3.63, 3.8) is 0 Å². The number of carboxylic acids is 1. The molecule has 2 atom stereocenters. The number of carbonyl (C=O) groups excluding carboxylic acids is 2. The summed E-state index contributed by atoms with van der Waals surface area (Å²) in [5.41, 5.74) is 8.18. The Kier molecular flexibility index (Phi) is 6.11. The Morgan fingerprint density at radius 2 is 2.23 bits per heavy atom. The summed E-state index contributed by atoms with van der Waals surface area (Å²) >= 11 is 0. The van der Waals surface area contributed by atoms with Crippen molar-refractivity contribution < 1.29 is 29.4 Å². The van der Waals surface area contributed by atoms with Crippen LogP contribution in [-0.2, 0) is 21.4 Å². The van der Waals surface area contributed by atoms with Crippen molar-refractivity contribution in [2.45, 2.75) is 25.0 Å². The summed E-state index contributed by atoms with van der Waals surface area (Å²) in [7, 11) is 1.57. The van der Waals surface area contributed by atoms with E-state index in [0.29, 0.717) is 6.21 Å². The lowest BCUT2D eigenvalue weighted by Crippen LogP contribution is -2.43. The van der Waals surface area contributed by atoms with E-state index >= 15 is 0 Å². The number of carbonyl (C=O) groups is 3. The van der Waals surface area contributed by atoms with Gasteiger partial charge < -0.3 is 25.6 Å².